The quantitative estimate of drug-likeness (QED) is 0.402. The van der Waals surface area contributed by atoms with E-state index in [4.69, 9.17) is 38.9 Å². The zero-order valence-electron chi connectivity index (χ0n) is 8.51. The Morgan fingerprint density at radius 1 is 0.579 bits per heavy atom. The Labute approximate surface area is 117 Å². The van der Waals surface area contributed by atoms with Crippen LogP contribution >= 0.6 is 0 Å². The summed E-state index contributed by atoms with van der Waals surface area (Å²) in [6.07, 6.45) is 0. The van der Waals surface area contributed by atoms with Gasteiger partial charge in [0.15, 0.2) is 18.0 Å². The minimum Gasteiger partial charge on any atom is -0.746 e. The normalized spacial score (nSPS) is 11.1. The van der Waals surface area contributed by atoms with Gasteiger partial charge in [-0.05, 0) is 0 Å². The molecule has 0 rings (SSSR count). The molecule has 16 heteroatoms. The van der Waals surface area contributed by atoms with Crippen LogP contribution in [-0.2, 0) is 47.4 Å². The van der Waals surface area contributed by atoms with Crippen LogP contribution in [0.25, 0.3) is 0 Å². The van der Waals surface area contributed by atoms with Crippen LogP contribution in [0.5, 0.6) is 0 Å². The molecular weight excluding hydrogens is 389 g/mol. The molecule has 9 nitrogen and oxygen atoms in total. The topological polar surface area (TPSA) is 172 Å². The summed E-state index contributed by atoms with van der Waals surface area (Å²) in [5.74, 6) is 0. The summed E-state index contributed by atoms with van der Waals surface area (Å²) < 4.78 is 113. The Morgan fingerprint density at radius 3 is 0.632 bits per heavy atom. The molecule has 0 aromatic carbocycles. The molecule has 0 N–H and O–H groups in total. The summed E-state index contributed by atoms with van der Waals surface area (Å²) >= 11 is 0. The van der Waals surface area contributed by atoms with E-state index in [0.717, 1.165) is 0 Å². The molecule has 0 spiro atoms. The first-order chi connectivity index (χ1) is 7.68. The van der Waals surface area contributed by atoms with Gasteiger partial charge in [0.05, 0.1) is 0 Å². The maximum absolute atomic E-state index is 10.6. The van der Waals surface area contributed by atoms with Crippen LogP contribution in [0, 0.1) is 0 Å². The van der Waals surface area contributed by atoms with Crippen molar-refractivity contribution in [2.24, 2.45) is 0 Å². The Bertz CT molecular complexity index is 420. The number of rotatable bonds is 3. The van der Waals surface area contributed by atoms with Crippen LogP contribution < -0.4 is 0 Å². The molecule has 0 unspecified atom stereocenters. The molecule has 0 aromatic heterocycles. The van der Waals surface area contributed by atoms with Crippen LogP contribution in [0.2, 0.25) is 0 Å². The predicted molar refractivity (Wildman–Crippen MR) is 47.0 cm³/mol. The molecule has 0 aromatic rings. The van der Waals surface area contributed by atoms with E-state index >= 15 is 0 Å². The number of halogens is 3. The predicted octanol–water partition coefficient (Wildman–Crippen LogP) is -1.63. The number of hydrogen-bond acceptors (Lipinski definition) is 9. The van der Waals surface area contributed by atoms with E-state index in [1.54, 1.807) is 0 Å². The van der Waals surface area contributed by atoms with Crippen molar-refractivity contribution in [1.29, 1.82) is 0 Å². The van der Waals surface area contributed by atoms with Crippen molar-refractivity contribution >= 4 is 30.4 Å². The third-order valence-corrected chi connectivity index (χ3v) is 1.20. The van der Waals surface area contributed by atoms with Crippen molar-refractivity contribution in [1.82, 2.24) is 0 Å². The molecular formula is C3H6F3FeO9S3. The van der Waals surface area contributed by atoms with Crippen molar-refractivity contribution in [2.75, 3.05) is 18.0 Å². The van der Waals surface area contributed by atoms with Crippen LogP contribution in [-0.4, -0.2) is 56.9 Å². The zero-order valence-corrected chi connectivity index (χ0v) is 12.1. The van der Waals surface area contributed by atoms with Gasteiger partial charge in [0, 0.05) is 0 Å². The molecule has 0 aliphatic rings. The molecule has 119 valence electrons. The van der Waals surface area contributed by atoms with E-state index in [-0.39, 0.29) is 17.1 Å². The molecule has 0 saturated heterocycles. The summed E-state index contributed by atoms with van der Waals surface area (Å²) in [6.45, 7) is 0. The van der Waals surface area contributed by atoms with Gasteiger partial charge in [0.1, 0.15) is 30.4 Å². The number of hydrogen-bond donors (Lipinski definition) is 0. The largest absolute Gasteiger partial charge is 3.00 e. The minimum absolute atomic E-state index is 0. The third-order valence-electron chi connectivity index (χ3n) is 0.401. The fourth-order valence-corrected chi connectivity index (χ4v) is 0. The SMILES string of the molecule is O=S(=O)([O-])CF.O=S(=O)([O-])CF.O=S(=O)([O-])CF.[Fe+3]. The second-order valence-electron chi connectivity index (χ2n) is 2.00. The molecule has 0 bridgehead atoms. The molecule has 0 aliphatic carbocycles. The second kappa shape index (κ2) is 11.8. The van der Waals surface area contributed by atoms with Crippen molar-refractivity contribution in [3.63, 3.8) is 0 Å². The van der Waals surface area contributed by atoms with E-state index in [2.05, 4.69) is 0 Å². The fourth-order valence-electron chi connectivity index (χ4n) is 0. The van der Waals surface area contributed by atoms with Gasteiger partial charge >= 0.3 is 17.1 Å². The van der Waals surface area contributed by atoms with Crippen molar-refractivity contribution in [3.05, 3.63) is 0 Å². The van der Waals surface area contributed by atoms with Crippen LogP contribution in [0.4, 0.5) is 13.2 Å². The average molecular weight is 395 g/mol. The van der Waals surface area contributed by atoms with E-state index in [1.165, 1.54) is 0 Å². The standard InChI is InChI=1S/3CH3FO3S.Fe/c3*2-1-6(3,4)5;/h3*1H2,(H,3,4,5);/q;;;+3/p-3. The van der Waals surface area contributed by atoms with Gasteiger partial charge < -0.3 is 13.7 Å². The second-order valence-corrected chi connectivity index (χ2v) is 6.00. The van der Waals surface area contributed by atoms with Gasteiger partial charge in [0.25, 0.3) is 0 Å². The Balaban J connectivity index is -0.0000000865. The summed E-state index contributed by atoms with van der Waals surface area (Å²) in [4.78, 5) is 0. The summed E-state index contributed by atoms with van der Waals surface area (Å²) in [7, 11) is -13.7. The van der Waals surface area contributed by atoms with E-state index in [0.29, 0.717) is 0 Å². The first kappa shape index (κ1) is 27.4. The van der Waals surface area contributed by atoms with Crippen LogP contribution in [0.1, 0.15) is 0 Å². The average Bonchev–Trinajstić information content (AvgIpc) is 2.16. The summed E-state index contributed by atoms with van der Waals surface area (Å²) in [6, 6.07) is -5.44. The van der Waals surface area contributed by atoms with Gasteiger partial charge in [-0.25, -0.2) is 38.4 Å². The Morgan fingerprint density at radius 2 is 0.632 bits per heavy atom. The zero-order chi connectivity index (χ0) is 15.6. The van der Waals surface area contributed by atoms with Crippen molar-refractivity contribution < 1.29 is 69.2 Å². The monoisotopic (exact) mass is 395 g/mol. The van der Waals surface area contributed by atoms with Gasteiger partial charge in [-0.3, -0.25) is 0 Å². The smallest absolute Gasteiger partial charge is 0.746 e. The molecule has 0 aliphatic heterocycles. The first-order valence-electron chi connectivity index (χ1n) is 3.17. The van der Waals surface area contributed by atoms with E-state index in [1.807, 2.05) is 0 Å². The Kier molecular flexibility index (Phi) is 17.1. The van der Waals surface area contributed by atoms with Gasteiger partial charge in [0.2, 0.25) is 0 Å². The van der Waals surface area contributed by atoms with Crippen molar-refractivity contribution in [2.45, 2.75) is 0 Å². The molecule has 0 fully saturated rings. The van der Waals surface area contributed by atoms with Crippen molar-refractivity contribution in [3.8, 4) is 0 Å². The van der Waals surface area contributed by atoms with Crippen LogP contribution in [0.15, 0.2) is 0 Å². The first-order valence-corrected chi connectivity index (χ1v) is 7.90. The fraction of sp³-hybridized carbons (Fsp3) is 1.00. The van der Waals surface area contributed by atoms with Gasteiger partial charge in [-0.15, -0.1) is 0 Å². The van der Waals surface area contributed by atoms with Crippen LogP contribution in [0.3, 0.4) is 0 Å². The molecule has 0 amide bonds. The molecule has 19 heavy (non-hydrogen) atoms. The minimum atomic E-state index is -4.58. The summed E-state index contributed by atoms with van der Waals surface area (Å²) in [5, 5.41) is 0. The van der Waals surface area contributed by atoms with E-state index in [9.17, 15) is 13.2 Å². The summed E-state index contributed by atoms with van der Waals surface area (Å²) in [5.41, 5.74) is 0. The molecule has 0 saturated carbocycles. The third kappa shape index (κ3) is 56.8. The van der Waals surface area contributed by atoms with Gasteiger partial charge in [-0.1, -0.05) is 0 Å². The molecule has 1 radical (unpaired) electrons. The number of alkyl halides is 3. The Hall–Kier alpha value is 0.0395. The maximum atomic E-state index is 10.6. The van der Waals surface area contributed by atoms with E-state index < -0.39 is 48.4 Å². The molecule has 0 heterocycles. The van der Waals surface area contributed by atoms with Gasteiger partial charge in [-0.2, -0.15) is 0 Å². The maximum Gasteiger partial charge on any atom is 3.00 e. The molecule has 0 atom stereocenters.